The van der Waals surface area contributed by atoms with Crippen molar-refractivity contribution >= 4 is 26.7 Å². The van der Waals surface area contributed by atoms with E-state index in [0.717, 1.165) is 40.7 Å². The fourth-order valence-corrected chi connectivity index (χ4v) is 6.03. The summed E-state index contributed by atoms with van der Waals surface area (Å²) in [4.78, 5) is 15.2. The third kappa shape index (κ3) is 5.58. The van der Waals surface area contributed by atoms with Crippen LogP contribution in [0, 0.1) is 0 Å². The Morgan fingerprint density at radius 3 is 2.55 bits per heavy atom. The summed E-state index contributed by atoms with van der Waals surface area (Å²) < 4.78 is 35.6. The average Bonchev–Trinajstić information content (AvgIpc) is 3.38. The minimum Gasteiger partial charge on any atom is -0.494 e. The van der Waals surface area contributed by atoms with Crippen molar-refractivity contribution in [3.8, 4) is 5.75 Å². The first-order valence-corrected chi connectivity index (χ1v) is 13.4. The SMILES string of the molecule is CCCOc1ccc(CN(C(=O)Cc2coc3ccc(CC)cc23)C2CCS(=O)(=O)C2)cc1. The third-order valence-electron chi connectivity index (χ3n) is 6.19. The third-order valence-corrected chi connectivity index (χ3v) is 7.94. The van der Waals surface area contributed by atoms with E-state index in [9.17, 15) is 13.2 Å². The van der Waals surface area contributed by atoms with Crippen LogP contribution in [0.3, 0.4) is 0 Å². The molecule has 176 valence electrons. The average molecular weight is 470 g/mol. The number of nitrogens with zero attached hydrogens (tertiary/aromatic N) is 1. The van der Waals surface area contributed by atoms with E-state index in [0.29, 0.717) is 19.6 Å². The lowest BCUT2D eigenvalue weighted by molar-refractivity contribution is -0.133. The molecule has 1 aliphatic heterocycles. The Balaban J connectivity index is 1.56. The molecule has 2 heterocycles. The molecule has 33 heavy (non-hydrogen) atoms. The predicted octanol–water partition coefficient (Wildman–Crippen LogP) is 4.54. The van der Waals surface area contributed by atoms with Gasteiger partial charge in [-0.3, -0.25) is 4.79 Å². The van der Waals surface area contributed by atoms with Crippen LogP contribution in [0.1, 0.15) is 43.4 Å². The van der Waals surface area contributed by atoms with Gasteiger partial charge in [0.2, 0.25) is 5.91 Å². The normalized spacial score (nSPS) is 17.3. The van der Waals surface area contributed by atoms with Crippen LogP contribution >= 0.6 is 0 Å². The predicted molar refractivity (Wildman–Crippen MR) is 129 cm³/mol. The van der Waals surface area contributed by atoms with Crippen LogP contribution in [0.2, 0.25) is 0 Å². The Labute approximate surface area is 195 Å². The van der Waals surface area contributed by atoms with Crippen LogP contribution in [-0.4, -0.2) is 43.4 Å². The number of furan rings is 1. The van der Waals surface area contributed by atoms with Crippen LogP contribution in [0.15, 0.2) is 53.1 Å². The summed E-state index contributed by atoms with van der Waals surface area (Å²) in [7, 11) is -3.12. The van der Waals surface area contributed by atoms with Crippen LogP contribution in [0.4, 0.5) is 0 Å². The van der Waals surface area contributed by atoms with Gasteiger partial charge in [0, 0.05) is 23.5 Å². The van der Waals surface area contributed by atoms with Gasteiger partial charge >= 0.3 is 0 Å². The molecule has 1 amide bonds. The minimum absolute atomic E-state index is 0.0164. The molecule has 0 saturated carbocycles. The van der Waals surface area contributed by atoms with Crippen molar-refractivity contribution in [1.82, 2.24) is 4.90 Å². The van der Waals surface area contributed by atoms with Crippen LogP contribution in [0.25, 0.3) is 11.0 Å². The molecule has 2 aromatic carbocycles. The molecule has 0 radical (unpaired) electrons. The van der Waals surface area contributed by atoms with Gasteiger partial charge in [-0.2, -0.15) is 0 Å². The van der Waals surface area contributed by atoms with Gasteiger partial charge in [-0.15, -0.1) is 0 Å². The molecule has 0 aliphatic carbocycles. The molecule has 3 aromatic rings. The van der Waals surface area contributed by atoms with Crippen LogP contribution in [-0.2, 0) is 34.0 Å². The molecule has 0 bridgehead atoms. The highest BCUT2D eigenvalue weighted by atomic mass is 32.2. The number of hydrogen-bond acceptors (Lipinski definition) is 5. The summed E-state index contributed by atoms with van der Waals surface area (Å²) in [6, 6.07) is 13.4. The molecule has 1 unspecified atom stereocenters. The number of benzene rings is 2. The molecule has 4 rings (SSSR count). The summed E-state index contributed by atoms with van der Waals surface area (Å²) in [6.45, 7) is 5.16. The van der Waals surface area contributed by atoms with Crippen molar-refractivity contribution in [2.45, 2.75) is 52.1 Å². The van der Waals surface area contributed by atoms with E-state index >= 15 is 0 Å². The second kappa shape index (κ2) is 10.00. The number of hydrogen-bond donors (Lipinski definition) is 0. The topological polar surface area (TPSA) is 76.8 Å². The molecule has 0 N–H and O–H groups in total. The zero-order chi connectivity index (χ0) is 23.4. The van der Waals surface area contributed by atoms with Gasteiger partial charge < -0.3 is 14.1 Å². The van der Waals surface area contributed by atoms with Crippen molar-refractivity contribution in [1.29, 1.82) is 0 Å². The Hall–Kier alpha value is -2.80. The maximum absolute atomic E-state index is 13.5. The highest BCUT2D eigenvalue weighted by Gasteiger charge is 2.35. The van der Waals surface area contributed by atoms with Gasteiger partial charge in [-0.1, -0.05) is 32.0 Å². The van der Waals surface area contributed by atoms with Crippen LogP contribution < -0.4 is 4.74 Å². The Bertz CT molecular complexity index is 1210. The van der Waals surface area contributed by atoms with E-state index in [1.165, 1.54) is 5.56 Å². The molecule has 1 atom stereocenters. The molecule has 1 fully saturated rings. The van der Waals surface area contributed by atoms with E-state index in [4.69, 9.17) is 9.15 Å². The highest BCUT2D eigenvalue weighted by molar-refractivity contribution is 7.91. The number of fused-ring (bicyclic) bond motifs is 1. The zero-order valence-corrected chi connectivity index (χ0v) is 20.1. The van der Waals surface area contributed by atoms with Crippen molar-refractivity contribution < 1.29 is 22.4 Å². The number of aryl methyl sites for hydroxylation is 1. The molecule has 1 saturated heterocycles. The molecule has 1 aliphatic rings. The number of sulfone groups is 1. The summed E-state index contributed by atoms with van der Waals surface area (Å²) in [6.07, 6.45) is 4.12. The van der Waals surface area contributed by atoms with Gasteiger partial charge in [-0.05, 0) is 54.7 Å². The van der Waals surface area contributed by atoms with E-state index in [2.05, 4.69) is 19.9 Å². The van der Waals surface area contributed by atoms with Crippen molar-refractivity contribution in [3.63, 3.8) is 0 Å². The summed E-state index contributed by atoms with van der Waals surface area (Å²) in [5.74, 6) is 0.842. The molecule has 1 aromatic heterocycles. The summed E-state index contributed by atoms with van der Waals surface area (Å²) in [5, 5.41) is 0.944. The molecule has 7 heteroatoms. The van der Waals surface area contributed by atoms with Crippen molar-refractivity contribution in [3.05, 3.63) is 65.4 Å². The van der Waals surface area contributed by atoms with Gasteiger partial charge in [0.15, 0.2) is 9.84 Å². The summed E-state index contributed by atoms with van der Waals surface area (Å²) in [5.41, 5.74) is 3.72. The maximum Gasteiger partial charge on any atom is 0.227 e. The molecular formula is C26H31NO5S. The van der Waals surface area contributed by atoms with E-state index in [1.54, 1.807) is 11.2 Å². The fraction of sp³-hybridized carbons (Fsp3) is 0.423. The quantitative estimate of drug-likeness (QED) is 0.460. The fourth-order valence-electron chi connectivity index (χ4n) is 4.30. The number of rotatable bonds is 9. The first-order valence-electron chi connectivity index (χ1n) is 11.6. The Kier molecular flexibility index (Phi) is 7.08. The van der Waals surface area contributed by atoms with E-state index < -0.39 is 9.84 Å². The lowest BCUT2D eigenvalue weighted by Crippen LogP contribution is -2.41. The zero-order valence-electron chi connectivity index (χ0n) is 19.2. The second-order valence-corrected chi connectivity index (χ2v) is 10.9. The van der Waals surface area contributed by atoms with E-state index in [1.807, 2.05) is 36.4 Å². The minimum atomic E-state index is -3.12. The van der Waals surface area contributed by atoms with Crippen molar-refractivity contribution in [2.75, 3.05) is 18.1 Å². The second-order valence-electron chi connectivity index (χ2n) is 8.69. The standard InChI is InChI=1S/C26H31NO5S/c1-3-12-31-23-8-5-20(6-9-23)16-27(22-11-13-33(29,30)18-22)26(28)15-21-17-32-25-10-7-19(4-2)14-24(21)25/h5-10,14,17,22H,3-4,11-13,15-16,18H2,1-2H3. The first kappa shape index (κ1) is 23.4. The highest BCUT2D eigenvalue weighted by Crippen LogP contribution is 2.26. The Morgan fingerprint density at radius 2 is 1.88 bits per heavy atom. The number of ether oxygens (including phenoxy) is 1. The van der Waals surface area contributed by atoms with Crippen LogP contribution in [0.5, 0.6) is 5.75 Å². The Morgan fingerprint density at radius 1 is 1.12 bits per heavy atom. The maximum atomic E-state index is 13.5. The van der Waals surface area contributed by atoms with Gasteiger partial charge in [0.05, 0.1) is 30.8 Å². The van der Waals surface area contributed by atoms with Gasteiger partial charge in [0.1, 0.15) is 11.3 Å². The first-order chi connectivity index (χ1) is 15.9. The van der Waals surface area contributed by atoms with Gasteiger partial charge in [0.25, 0.3) is 0 Å². The number of amides is 1. The van der Waals surface area contributed by atoms with E-state index in [-0.39, 0.29) is 29.9 Å². The summed E-state index contributed by atoms with van der Waals surface area (Å²) >= 11 is 0. The smallest absolute Gasteiger partial charge is 0.227 e. The molecule has 0 spiro atoms. The molecule has 6 nitrogen and oxygen atoms in total. The lowest BCUT2D eigenvalue weighted by Gasteiger charge is -2.28. The number of carbonyl (C=O) groups is 1. The number of carbonyl (C=O) groups excluding carboxylic acids is 1. The lowest BCUT2D eigenvalue weighted by atomic mass is 10.0. The van der Waals surface area contributed by atoms with Crippen molar-refractivity contribution in [2.24, 2.45) is 0 Å². The monoisotopic (exact) mass is 469 g/mol. The molecular weight excluding hydrogens is 438 g/mol. The largest absolute Gasteiger partial charge is 0.494 e. The van der Waals surface area contributed by atoms with Gasteiger partial charge in [-0.25, -0.2) is 8.42 Å².